The van der Waals surface area contributed by atoms with Crippen molar-refractivity contribution in [1.82, 2.24) is 9.97 Å². The van der Waals surface area contributed by atoms with E-state index >= 15 is 0 Å². The van der Waals surface area contributed by atoms with E-state index in [1.54, 1.807) is 7.11 Å². The topological polar surface area (TPSA) is 56.3 Å². The van der Waals surface area contributed by atoms with Gasteiger partial charge < -0.3 is 14.8 Å². The Morgan fingerprint density at radius 1 is 1.47 bits per heavy atom. The number of hydrogen-bond acceptors (Lipinski definition) is 5. The van der Waals surface area contributed by atoms with Crippen molar-refractivity contribution in [2.24, 2.45) is 0 Å². The number of aromatic nitrogens is 2. The number of hydrogen-bond donors (Lipinski definition) is 1. The first-order chi connectivity index (χ1) is 8.28. The van der Waals surface area contributed by atoms with Crippen molar-refractivity contribution >= 4 is 5.95 Å². The fourth-order valence-corrected chi connectivity index (χ4v) is 1.90. The average Bonchev–Trinajstić information content (AvgIpc) is 2.37. The van der Waals surface area contributed by atoms with Gasteiger partial charge in [-0.1, -0.05) is 0 Å². The molecule has 1 aromatic rings. The minimum atomic E-state index is 0.277. The van der Waals surface area contributed by atoms with Gasteiger partial charge in [-0.2, -0.15) is 4.98 Å². The van der Waals surface area contributed by atoms with Crippen molar-refractivity contribution in [2.75, 3.05) is 25.6 Å². The van der Waals surface area contributed by atoms with E-state index in [4.69, 9.17) is 9.47 Å². The summed E-state index contributed by atoms with van der Waals surface area (Å²) >= 11 is 0. The molecule has 1 saturated heterocycles. The Kier molecular flexibility index (Phi) is 4.14. The number of methoxy groups -OCH3 is 1. The number of ether oxygens (including phenoxy) is 2. The lowest BCUT2D eigenvalue weighted by Gasteiger charge is -2.22. The number of aryl methyl sites for hydroxylation is 1. The molecule has 0 aliphatic carbocycles. The lowest BCUT2D eigenvalue weighted by atomic mass is 10.1. The Hall–Kier alpha value is -1.36. The van der Waals surface area contributed by atoms with Crippen LogP contribution in [0.1, 0.15) is 25.0 Å². The van der Waals surface area contributed by atoms with Gasteiger partial charge in [0, 0.05) is 24.9 Å². The highest BCUT2D eigenvalue weighted by molar-refractivity contribution is 5.30. The molecule has 1 unspecified atom stereocenters. The van der Waals surface area contributed by atoms with Gasteiger partial charge in [-0.05, 0) is 26.2 Å². The number of anilines is 1. The van der Waals surface area contributed by atoms with Crippen LogP contribution in [0.4, 0.5) is 5.95 Å². The maximum Gasteiger partial charge on any atom is 0.226 e. The molecule has 0 spiro atoms. The molecule has 1 aromatic heterocycles. The Balaban J connectivity index is 1.91. The van der Waals surface area contributed by atoms with Gasteiger partial charge in [-0.25, -0.2) is 4.98 Å². The van der Waals surface area contributed by atoms with Crippen LogP contribution >= 0.6 is 0 Å². The van der Waals surface area contributed by atoms with Crippen LogP contribution in [0, 0.1) is 6.92 Å². The summed E-state index contributed by atoms with van der Waals surface area (Å²) in [6.45, 7) is 3.55. The molecule has 17 heavy (non-hydrogen) atoms. The average molecular weight is 237 g/mol. The number of nitrogens with one attached hydrogen (secondary N) is 1. The quantitative estimate of drug-likeness (QED) is 0.865. The first kappa shape index (κ1) is 12.1. The Morgan fingerprint density at radius 3 is 3.06 bits per heavy atom. The molecule has 0 aromatic carbocycles. The Bertz CT molecular complexity index is 365. The predicted molar refractivity (Wildman–Crippen MR) is 65.4 cm³/mol. The summed E-state index contributed by atoms with van der Waals surface area (Å²) in [5.41, 5.74) is 0.893. The van der Waals surface area contributed by atoms with E-state index in [2.05, 4.69) is 15.3 Å². The molecule has 1 N–H and O–H groups in total. The zero-order valence-corrected chi connectivity index (χ0v) is 10.4. The van der Waals surface area contributed by atoms with Crippen molar-refractivity contribution in [3.63, 3.8) is 0 Å². The highest BCUT2D eigenvalue weighted by Crippen LogP contribution is 2.14. The van der Waals surface area contributed by atoms with Crippen molar-refractivity contribution in [3.05, 3.63) is 11.8 Å². The van der Waals surface area contributed by atoms with Crippen molar-refractivity contribution in [2.45, 2.75) is 32.3 Å². The van der Waals surface area contributed by atoms with Crippen LogP contribution in [-0.2, 0) is 4.74 Å². The molecular formula is C12H19N3O2. The van der Waals surface area contributed by atoms with E-state index in [1.807, 2.05) is 13.0 Å². The van der Waals surface area contributed by atoms with Crippen LogP contribution in [0.25, 0.3) is 0 Å². The van der Waals surface area contributed by atoms with Gasteiger partial charge in [-0.3, -0.25) is 0 Å². The Morgan fingerprint density at radius 2 is 2.35 bits per heavy atom. The van der Waals surface area contributed by atoms with E-state index in [0.29, 0.717) is 11.8 Å². The molecule has 0 bridgehead atoms. The Labute approximate surface area is 102 Å². The first-order valence-electron chi connectivity index (χ1n) is 6.03. The van der Waals surface area contributed by atoms with Crippen molar-refractivity contribution < 1.29 is 9.47 Å². The van der Waals surface area contributed by atoms with Gasteiger partial charge in [-0.15, -0.1) is 0 Å². The maximum atomic E-state index is 5.64. The smallest absolute Gasteiger partial charge is 0.226 e. The highest BCUT2D eigenvalue weighted by atomic mass is 16.5. The summed E-state index contributed by atoms with van der Waals surface area (Å²) in [7, 11) is 1.61. The van der Waals surface area contributed by atoms with E-state index < -0.39 is 0 Å². The number of nitrogens with zero attached hydrogens (tertiary/aromatic N) is 2. The second-order valence-corrected chi connectivity index (χ2v) is 4.24. The molecular weight excluding hydrogens is 218 g/mol. The molecule has 0 saturated carbocycles. The summed E-state index contributed by atoms with van der Waals surface area (Å²) in [5.74, 6) is 1.19. The second-order valence-electron chi connectivity index (χ2n) is 4.24. The van der Waals surface area contributed by atoms with E-state index in [1.165, 1.54) is 12.8 Å². The zero-order chi connectivity index (χ0) is 12.1. The molecule has 0 amide bonds. The van der Waals surface area contributed by atoms with E-state index in [-0.39, 0.29) is 6.10 Å². The lowest BCUT2D eigenvalue weighted by Crippen LogP contribution is -2.27. The minimum Gasteiger partial charge on any atom is -0.481 e. The molecule has 1 atom stereocenters. The van der Waals surface area contributed by atoms with Crippen LogP contribution < -0.4 is 10.1 Å². The molecule has 2 heterocycles. The third-order valence-corrected chi connectivity index (χ3v) is 2.80. The van der Waals surface area contributed by atoms with Gasteiger partial charge in [0.05, 0.1) is 13.2 Å². The largest absolute Gasteiger partial charge is 0.481 e. The highest BCUT2D eigenvalue weighted by Gasteiger charge is 2.14. The van der Waals surface area contributed by atoms with Crippen LogP contribution in [-0.4, -0.2) is 36.3 Å². The molecule has 0 radical (unpaired) electrons. The summed E-state index contributed by atoms with van der Waals surface area (Å²) in [4.78, 5) is 8.54. The molecule has 1 aliphatic rings. The third kappa shape index (κ3) is 3.56. The van der Waals surface area contributed by atoms with Crippen molar-refractivity contribution in [1.29, 1.82) is 0 Å². The summed E-state index contributed by atoms with van der Waals surface area (Å²) < 4.78 is 10.7. The molecule has 1 aliphatic heterocycles. The first-order valence-corrected chi connectivity index (χ1v) is 6.03. The normalized spacial score (nSPS) is 20.0. The van der Waals surface area contributed by atoms with Gasteiger partial charge >= 0.3 is 0 Å². The molecule has 2 rings (SSSR count). The fourth-order valence-electron chi connectivity index (χ4n) is 1.90. The van der Waals surface area contributed by atoms with Gasteiger partial charge in [0.25, 0.3) is 0 Å². The fraction of sp³-hybridized carbons (Fsp3) is 0.667. The number of rotatable bonds is 4. The summed E-state index contributed by atoms with van der Waals surface area (Å²) in [6.07, 6.45) is 3.80. The van der Waals surface area contributed by atoms with E-state index in [0.717, 1.165) is 25.3 Å². The van der Waals surface area contributed by atoms with Crippen LogP contribution in [0.2, 0.25) is 0 Å². The van der Waals surface area contributed by atoms with Gasteiger partial charge in [0.2, 0.25) is 11.8 Å². The monoisotopic (exact) mass is 237 g/mol. The zero-order valence-electron chi connectivity index (χ0n) is 10.4. The van der Waals surface area contributed by atoms with Crippen LogP contribution in [0.3, 0.4) is 0 Å². The third-order valence-electron chi connectivity index (χ3n) is 2.80. The standard InChI is InChI=1S/C12H19N3O2/c1-9-7-11(16-2)15-12(14-9)13-8-10-5-3-4-6-17-10/h7,10H,3-6,8H2,1-2H3,(H,13,14,15). The lowest BCUT2D eigenvalue weighted by molar-refractivity contribution is 0.0246. The van der Waals surface area contributed by atoms with Crippen molar-refractivity contribution in [3.8, 4) is 5.88 Å². The van der Waals surface area contributed by atoms with Gasteiger partial charge in [0.15, 0.2) is 0 Å². The molecule has 5 nitrogen and oxygen atoms in total. The maximum absolute atomic E-state index is 5.64. The molecule has 5 heteroatoms. The summed E-state index contributed by atoms with van der Waals surface area (Å²) in [5, 5.41) is 3.20. The van der Waals surface area contributed by atoms with Crippen LogP contribution in [0.5, 0.6) is 5.88 Å². The molecule has 94 valence electrons. The predicted octanol–water partition coefficient (Wildman–Crippen LogP) is 1.77. The summed E-state index contributed by atoms with van der Waals surface area (Å²) in [6, 6.07) is 1.81. The van der Waals surface area contributed by atoms with Crippen LogP contribution in [0.15, 0.2) is 6.07 Å². The minimum absolute atomic E-state index is 0.277. The molecule has 1 fully saturated rings. The van der Waals surface area contributed by atoms with Gasteiger partial charge in [0.1, 0.15) is 0 Å². The SMILES string of the molecule is COc1cc(C)nc(NCC2CCCCO2)n1. The van der Waals surface area contributed by atoms with E-state index in [9.17, 15) is 0 Å². The second kappa shape index (κ2) is 5.82.